The van der Waals surface area contributed by atoms with Crippen LogP contribution in [0.15, 0.2) is 0 Å². The first-order chi connectivity index (χ1) is 8.93. The molecule has 0 aliphatic carbocycles. The van der Waals surface area contributed by atoms with E-state index in [0.29, 0.717) is 0 Å². The average Bonchev–Trinajstić information content (AvgIpc) is 2.32. The molecule has 5 N–H and O–H groups in total. The zero-order valence-electron chi connectivity index (χ0n) is 10.0. The van der Waals surface area contributed by atoms with Gasteiger partial charge in [0.15, 0.2) is 0 Å². The maximum atomic E-state index is 11.5. The summed E-state index contributed by atoms with van der Waals surface area (Å²) in [6.07, 6.45) is 0.129. The first-order valence-electron chi connectivity index (χ1n) is 5.68. The molecule has 1 aliphatic heterocycles. The lowest BCUT2D eigenvalue weighted by Crippen LogP contribution is -2.56. The number of carboxylic acid groups (broad SMARTS) is 1. The number of aliphatic carboxylic acids is 1. The van der Waals surface area contributed by atoms with Crippen LogP contribution in [0.1, 0.15) is 19.3 Å². The lowest BCUT2D eigenvalue weighted by atomic mass is 10.1. The number of hydrogen-bond donors (Lipinski definition) is 5. The topological polar surface area (TPSA) is 145 Å². The second kappa shape index (κ2) is 6.69. The lowest BCUT2D eigenvalue weighted by molar-refractivity contribution is -0.139. The minimum Gasteiger partial charge on any atom is -0.480 e. The average molecular weight is 273 g/mol. The van der Waals surface area contributed by atoms with Gasteiger partial charge in [0.05, 0.1) is 0 Å². The summed E-state index contributed by atoms with van der Waals surface area (Å²) in [6.45, 7) is -0.393. The van der Waals surface area contributed by atoms with E-state index in [-0.39, 0.29) is 19.3 Å². The van der Waals surface area contributed by atoms with Gasteiger partial charge < -0.3 is 20.8 Å². The highest BCUT2D eigenvalue weighted by molar-refractivity contribution is 6.01. The highest BCUT2D eigenvalue weighted by Crippen LogP contribution is 2.04. The summed E-state index contributed by atoms with van der Waals surface area (Å²) in [5.41, 5.74) is 0. The van der Waals surface area contributed by atoms with Crippen molar-refractivity contribution in [1.82, 2.24) is 16.0 Å². The number of urea groups is 1. The number of imide groups is 1. The van der Waals surface area contributed by atoms with E-state index in [0.717, 1.165) is 0 Å². The summed E-state index contributed by atoms with van der Waals surface area (Å²) < 4.78 is 0. The molecular formula is C10H15N3O6. The van der Waals surface area contributed by atoms with Gasteiger partial charge in [0.25, 0.3) is 0 Å². The van der Waals surface area contributed by atoms with Crippen molar-refractivity contribution in [3.63, 3.8) is 0 Å². The van der Waals surface area contributed by atoms with Crippen LogP contribution < -0.4 is 16.0 Å². The molecule has 9 nitrogen and oxygen atoms in total. The van der Waals surface area contributed by atoms with E-state index in [2.05, 4.69) is 16.0 Å². The molecule has 19 heavy (non-hydrogen) atoms. The summed E-state index contributed by atoms with van der Waals surface area (Å²) in [7, 11) is 0. The standard InChI is InChI=1S/C10H15N3O6/c14-4-3-6(9(17)18)12-10(19)11-5-1-2-7(15)13-8(5)16/h5-6,14H,1-4H2,(H,17,18)(H2,11,12,19)(H,13,15,16)/t5?,6-/m0/s1. The van der Waals surface area contributed by atoms with Gasteiger partial charge in [-0.1, -0.05) is 0 Å². The van der Waals surface area contributed by atoms with Crippen molar-refractivity contribution >= 4 is 23.8 Å². The number of piperidine rings is 1. The van der Waals surface area contributed by atoms with E-state index in [1.807, 2.05) is 0 Å². The van der Waals surface area contributed by atoms with Crippen molar-refractivity contribution in [2.75, 3.05) is 6.61 Å². The molecule has 1 aliphatic rings. The zero-order chi connectivity index (χ0) is 14.4. The molecule has 9 heteroatoms. The fourth-order valence-corrected chi connectivity index (χ4v) is 1.58. The van der Waals surface area contributed by atoms with Crippen molar-refractivity contribution < 1.29 is 29.4 Å². The maximum absolute atomic E-state index is 11.5. The molecule has 2 atom stereocenters. The number of amides is 4. The molecule has 0 aromatic rings. The van der Waals surface area contributed by atoms with Crippen LogP contribution in [0.25, 0.3) is 0 Å². The number of rotatable bonds is 5. The molecule has 1 heterocycles. The number of carboxylic acids is 1. The molecule has 0 aromatic carbocycles. The van der Waals surface area contributed by atoms with Crippen molar-refractivity contribution in [3.05, 3.63) is 0 Å². The first kappa shape index (κ1) is 14.9. The quantitative estimate of drug-likeness (QED) is 0.364. The smallest absolute Gasteiger partial charge is 0.326 e. The minimum absolute atomic E-state index is 0.107. The molecule has 1 saturated heterocycles. The third-order valence-corrected chi connectivity index (χ3v) is 2.57. The Bertz CT molecular complexity index is 397. The molecule has 0 saturated carbocycles. The summed E-state index contributed by atoms with van der Waals surface area (Å²) in [4.78, 5) is 44.5. The van der Waals surface area contributed by atoms with Gasteiger partial charge in [0.2, 0.25) is 11.8 Å². The summed E-state index contributed by atoms with van der Waals surface area (Å²) in [5, 5.41) is 23.9. The second-order valence-electron chi connectivity index (χ2n) is 4.02. The molecule has 106 valence electrons. The predicted molar refractivity (Wildman–Crippen MR) is 61.0 cm³/mol. The predicted octanol–water partition coefficient (Wildman–Crippen LogP) is -2.07. The minimum atomic E-state index is -1.28. The maximum Gasteiger partial charge on any atom is 0.326 e. The Labute approximate surface area is 108 Å². The third kappa shape index (κ3) is 4.54. The molecule has 1 rings (SSSR count). The Kier molecular flexibility index (Phi) is 5.24. The Morgan fingerprint density at radius 1 is 1.42 bits per heavy atom. The van der Waals surface area contributed by atoms with Crippen LogP contribution in [0.5, 0.6) is 0 Å². The molecule has 1 fully saturated rings. The van der Waals surface area contributed by atoms with Crippen molar-refractivity contribution in [1.29, 1.82) is 0 Å². The van der Waals surface area contributed by atoms with Gasteiger partial charge in [0, 0.05) is 19.4 Å². The van der Waals surface area contributed by atoms with Gasteiger partial charge in [0.1, 0.15) is 12.1 Å². The lowest BCUT2D eigenvalue weighted by Gasteiger charge is -2.23. The number of nitrogens with one attached hydrogen (secondary N) is 3. The van der Waals surface area contributed by atoms with Crippen LogP contribution in [0.3, 0.4) is 0 Å². The molecule has 0 aromatic heterocycles. The van der Waals surface area contributed by atoms with Gasteiger partial charge in [-0.25, -0.2) is 9.59 Å². The van der Waals surface area contributed by atoms with E-state index in [1.54, 1.807) is 0 Å². The van der Waals surface area contributed by atoms with Crippen LogP contribution in [0, 0.1) is 0 Å². The van der Waals surface area contributed by atoms with E-state index in [4.69, 9.17) is 10.2 Å². The molecule has 1 unspecified atom stereocenters. The summed E-state index contributed by atoms with van der Waals surface area (Å²) in [5.74, 6) is -2.32. The SMILES string of the molecule is O=C1CCC(NC(=O)N[C@@H](CCO)C(=O)O)C(=O)N1. The van der Waals surface area contributed by atoms with Crippen LogP contribution >= 0.6 is 0 Å². The number of hydrogen-bond acceptors (Lipinski definition) is 5. The van der Waals surface area contributed by atoms with Gasteiger partial charge in [-0.2, -0.15) is 0 Å². The van der Waals surface area contributed by atoms with E-state index in [9.17, 15) is 19.2 Å². The van der Waals surface area contributed by atoms with Crippen LogP contribution in [0.2, 0.25) is 0 Å². The molecule has 4 amide bonds. The second-order valence-corrected chi connectivity index (χ2v) is 4.02. The van der Waals surface area contributed by atoms with E-state index < -0.39 is 42.5 Å². The fourth-order valence-electron chi connectivity index (χ4n) is 1.58. The third-order valence-electron chi connectivity index (χ3n) is 2.57. The van der Waals surface area contributed by atoms with Crippen molar-refractivity contribution in [2.24, 2.45) is 0 Å². The Hall–Kier alpha value is -2.16. The van der Waals surface area contributed by atoms with Crippen LogP contribution in [-0.2, 0) is 14.4 Å². The largest absolute Gasteiger partial charge is 0.480 e. The highest BCUT2D eigenvalue weighted by atomic mass is 16.4. The van der Waals surface area contributed by atoms with Crippen LogP contribution in [-0.4, -0.2) is 52.7 Å². The van der Waals surface area contributed by atoms with Gasteiger partial charge in [-0.15, -0.1) is 0 Å². The van der Waals surface area contributed by atoms with Gasteiger partial charge in [-0.3, -0.25) is 14.9 Å². The Morgan fingerprint density at radius 2 is 2.11 bits per heavy atom. The fraction of sp³-hybridized carbons (Fsp3) is 0.600. The van der Waals surface area contributed by atoms with E-state index >= 15 is 0 Å². The normalized spacial score (nSPS) is 20.4. The summed E-state index contributed by atoms with van der Waals surface area (Å²) in [6, 6.07) is -2.95. The van der Waals surface area contributed by atoms with E-state index in [1.165, 1.54) is 0 Å². The van der Waals surface area contributed by atoms with Gasteiger partial charge in [-0.05, 0) is 6.42 Å². The summed E-state index contributed by atoms with van der Waals surface area (Å²) >= 11 is 0. The van der Waals surface area contributed by atoms with Gasteiger partial charge >= 0.3 is 12.0 Å². The Morgan fingerprint density at radius 3 is 2.63 bits per heavy atom. The molecule has 0 bridgehead atoms. The van der Waals surface area contributed by atoms with Crippen molar-refractivity contribution in [3.8, 4) is 0 Å². The molecule has 0 spiro atoms. The monoisotopic (exact) mass is 273 g/mol. The molecule has 0 radical (unpaired) electrons. The first-order valence-corrected chi connectivity index (χ1v) is 5.68. The number of aliphatic hydroxyl groups is 1. The number of carbonyl (C=O) groups is 4. The number of aliphatic hydroxyl groups excluding tert-OH is 1. The Balaban J connectivity index is 2.48. The van der Waals surface area contributed by atoms with Crippen molar-refractivity contribution in [2.45, 2.75) is 31.3 Å². The molecular weight excluding hydrogens is 258 g/mol. The van der Waals surface area contributed by atoms with Crippen LogP contribution in [0.4, 0.5) is 4.79 Å². The zero-order valence-corrected chi connectivity index (χ0v) is 10.0. The highest BCUT2D eigenvalue weighted by Gasteiger charge is 2.29. The number of carbonyl (C=O) groups excluding carboxylic acids is 3.